The summed E-state index contributed by atoms with van der Waals surface area (Å²) in [6.07, 6.45) is 4.29. The second kappa shape index (κ2) is 6.47. The molecule has 0 aromatic rings. The first-order chi connectivity index (χ1) is 8.04. The highest BCUT2D eigenvalue weighted by Gasteiger charge is 2.23. The third kappa shape index (κ3) is 5.06. The van der Waals surface area contributed by atoms with E-state index in [1.165, 1.54) is 17.7 Å². The lowest BCUT2D eigenvalue weighted by atomic mass is 10.2. The minimum atomic E-state index is -0.970. The fourth-order valence-electron chi connectivity index (χ4n) is 1.69. The minimum Gasteiger partial charge on any atom is -0.480 e. The minimum absolute atomic E-state index is 0.0491. The molecule has 1 saturated carbocycles. The Kier molecular flexibility index (Phi) is 5.25. The normalized spacial score (nSPS) is 16.4. The van der Waals surface area contributed by atoms with Crippen molar-refractivity contribution in [1.82, 2.24) is 10.2 Å². The van der Waals surface area contributed by atoms with Gasteiger partial charge in [-0.3, -0.25) is 4.79 Å². The van der Waals surface area contributed by atoms with Crippen LogP contribution in [0.4, 0.5) is 4.79 Å². The van der Waals surface area contributed by atoms with Crippen molar-refractivity contribution >= 4 is 12.0 Å². The Labute approximate surface area is 102 Å². The summed E-state index contributed by atoms with van der Waals surface area (Å²) in [4.78, 5) is 23.9. The highest BCUT2D eigenvalue weighted by molar-refractivity contribution is 5.80. The first-order valence-electron chi connectivity index (χ1n) is 6.30. The van der Waals surface area contributed by atoms with Crippen LogP contribution in [-0.4, -0.2) is 41.1 Å². The fourth-order valence-corrected chi connectivity index (χ4v) is 1.69. The van der Waals surface area contributed by atoms with Gasteiger partial charge in [0.25, 0.3) is 0 Å². The average Bonchev–Trinajstić information content (AvgIpc) is 3.08. The van der Waals surface area contributed by atoms with Crippen LogP contribution >= 0.6 is 0 Å². The van der Waals surface area contributed by atoms with Gasteiger partial charge in [-0.05, 0) is 25.7 Å². The molecule has 1 aliphatic rings. The molecule has 5 nitrogen and oxygen atoms in total. The molecule has 17 heavy (non-hydrogen) atoms. The number of amides is 2. The SMILES string of the molecule is CCC(C)N(CC(=O)O)C(=O)NCCC1CC1. The Hall–Kier alpha value is -1.26. The van der Waals surface area contributed by atoms with Crippen LogP contribution in [-0.2, 0) is 4.79 Å². The van der Waals surface area contributed by atoms with E-state index in [1.807, 2.05) is 13.8 Å². The first kappa shape index (κ1) is 13.8. The van der Waals surface area contributed by atoms with E-state index < -0.39 is 5.97 Å². The zero-order chi connectivity index (χ0) is 12.8. The molecule has 0 heterocycles. The van der Waals surface area contributed by atoms with E-state index in [0.29, 0.717) is 6.54 Å². The number of carboxylic acid groups (broad SMARTS) is 1. The van der Waals surface area contributed by atoms with E-state index in [2.05, 4.69) is 5.32 Å². The summed E-state index contributed by atoms with van der Waals surface area (Å²) in [6.45, 7) is 4.22. The molecule has 1 atom stereocenters. The maximum atomic E-state index is 11.8. The van der Waals surface area contributed by atoms with Gasteiger partial charge < -0.3 is 15.3 Å². The molecule has 98 valence electrons. The van der Waals surface area contributed by atoms with E-state index in [0.717, 1.165) is 18.8 Å². The second-order valence-electron chi connectivity index (χ2n) is 4.74. The quantitative estimate of drug-likeness (QED) is 0.713. The van der Waals surface area contributed by atoms with Crippen molar-refractivity contribution in [3.8, 4) is 0 Å². The number of nitrogens with one attached hydrogen (secondary N) is 1. The molecule has 0 saturated heterocycles. The van der Waals surface area contributed by atoms with Crippen molar-refractivity contribution in [3.63, 3.8) is 0 Å². The van der Waals surface area contributed by atoms with Crippen molar-refractivity contribution in [2.24, 2.45) is 5.92 Å². The molecule has 2 amide bonds. The highest BCUT2D eigenvalue weighted by atomic mass is 16.4. The zero-order valence-electron chi connectivity index (χ0n) is 10.6. The molecular weight excluding hydrogens is 220 g/mol. The van der Waals surface area contributed by atoms with Crippen LogP contribution < -0.4 is 5.32 Å². The monoisotopic (exact) mass is 242 g/mol. The van der Waals surface area contributed by atoms with Crippen molar-refractivity contribution in [2.75, 3.05) is 13.1 Å². The van der Waals surface area contributed by atoms with Crippen molar-refractivity contribution in [2.45, 2.75) is 45.6 Å². The summed E-state index contributed by atoms with van der Waals surface area (Å²) < 4.78 is 0. The van der Waals surface area contributed by atoms with Gasteiger partial charge in [0.05, 0.1) is 0 Å². The Morgan fingerprint density at radius 1 is 1.47 bits per heavy atom. The molecule has 0 aliphatic heterocycles. The molecule has 1 rings (SSSR count). The summed E-state index contributed by atoms with van der Waals surface area (Å²) in [5.41, 5.74) is 0. The number of carbonyl (C=O) groups excluding carboxylic acids is 1. The van der Waals surface area contributed by atoms with Crippen LogP contribution in [0.3, 0.4) is 0 Å². The van der Waals surface area contributed by atoms with Crippen molar-refractivity contribution in [3.05, 3.63) is 0 Å². The molecule has 0 aromatic carbocycles. The van der Waals surface area contributed by atoms with Crippen LogP contribution in [0.2, 0.25) is 0 Å². The van der Waals surface area contributed by atoms with Gasteiger partial charge in [-0.2, -0.15) is 0 Å². The highest BCUT2D eigenvalue weighted by Crippen LogP contribution is 2.31. The maximum Gasteiger partial charge on any atom is 0.323 e. The fraction of sp³-hybridized carbons (Fsp3) is 0.833. The Morgan fingerprint density at radius 3 is 2.59 bits per heavy atom. The predicted molar refractivity (Wildman–Crippen MR) is 64.8 cm³/mol. The van der Waals surface area contributed by atoms with E-state index in [-0.39, 0.29) is 18.6 Å². The number of carbonyl (C=O) groups is 2. The zero-order valence-corrected chi connectivity index (χ0v) is 10.6. The van der Waals surface area contributed by atoms with E-state index in [9.17, 15) is 9.59 Å². The number of aliphatic carboxylic acids is 1. The molecule has 0 spiro atoms. The van der Waals surface area contributed by atoms with E-state index >= 15 is 0 Å². The second-order valence-corrected chi connectivity index (χ2v) is 4.74. The third-order valence-corrected chi connectivity index (χ3v) is 3.22. The van der Waals surface area contributed by atoms with E-state index in [4.69, 9.17) is 5.11 Å². The van der Waals surface area contributed by atoms with Gasteiger partial charge in [0, 0.05) is 12.6 Å². The third-order valence-electron chi connectivity index (χ3n) is 3.22. The smallest absolute Gasteiger partial charge is 0.323 e. The van der Waals surface area contributed by atoms with Crippen LogP contribution in [0.5, 0.6) is 0 Å². The predicted octanol–water partition coefficient (Wildman–Crippen LogP) is 1.68. The lowest BCUT2D eigenvalue weighted by Crippen LogP contribution is -2.47. The first-order valence-corrected chi connectivity index (χ1v) is 6.30. The Morgan fingerprint density at radius 2 is 2.12 bits per heavy atom. The van der Waals surface area contributed by atoms with Gasteiger partial charge in [-0.25, -0.2) is 4.79 Å². The molecule has 0 aromatic heterocycles. The molecule has 1 fully saturated rings. The lowest BCUT2D eigenvalue weighted by Gasteiger charge is -2.27. The van der Waals surface area contributed by atoms with Crippen LogP contribution in [0.15, 0.2) is 0 Å². The van der Waals surface area contributed by atoms with Crippen molar-refractivity contribution in [1.29, 1.82) is 0 Å². The number of rotatable bonds is 7. The molecular formula is C12H22N2O3. The molecule has 0 bridgehead atoms. The molecule has 1 aliphatic carbocycles. The van der Waals surface area contributed by atoms with Crippen LogP contribution in [0.1, 0.15) is 39.5 Å². The van der Waals surface area contributed by atoms with Crippen LogP contribution in [0, 0.1) is 5.92 Å². The topological polar surface area (TPSA) is 69.6 Å². The lowest BCUT2D eigenvalue weighted by molar-refractivity contribution is -0.138. The van der Waals surface area contributed by atoms with E-state index in [1.54, 1.807) is 0 Å². The number of hydrogen-bond donors (Lipinski definition) is 2. The number of hydrogen-bond acceptors (Lipinski definition) is 2. The summed E-state index contributed by atoms with van der Waals surface area (Å²) in [5.74, 6) is -0.200. The summed E-state index contributed by atoms with van der Waals surface area (Å²) in [6, 6.07) is -0.311. The summed E-state index contributed by atoms with van der Waals surface area (Å²) in [5, 5.41) is 11.6. The molecule has 2 N–H and O–H groups in total. The average molecular weight is 242 g/mol. The Balaban J connectivity index is 2.36. The standard InChI is InChI=1S/C12H22N2O3/c1-3-9(2)14(8-11(15)16)12(17)13-7-6-10-4-5-10/h9-10H,3-8H2,1-2H3,(H,13,17)(H,15,16). The van der Waals surface area contributed by atoms with Crippen LogP contribution in [0.25, 0.3) is 0 Å². The van der Waals surface area contributed by atoms with Gasteiger partial charge in [0.15, 0.2) is 0 Å². The molecule has 1 unspecified atom stereocenters. The summed E-state index contributed by atoms with van der Waals surface area (Å²) in [7, 11) is 0. The van der Waals surface area contributed by atoms with Gasteiger partial charge >= 0.3 is 12.0 Å². The van der Waals surface area contributed by atoms with Gasteiger partial charge in [-0.15, -0.1) is 0 Å². The maximum absolute atomic E-state index is 11.8. The van der Waals surface area contributed by atoms with Gasteiger partial charge in [0.2, 0.25) is 0 Å². The molecule has 0 radical (unpaired) electrons. The number of urea groups is 1. The summed E-state index contributed by atoms with van der Waals surface area (Å²) >= 11 is 0. The number of carboxylic acids is 1. The Bertz CT molecular complexity index is 277. The number of nitrogens with zero attached hydrogens (tertiary/aromatic N) is 1. The van der Waals surface area contributed by atoms with Gasteiger partial charge in [-0.1, -0.05) is 19.8 Å². The largest absolute Gasteiger partial charge is 0.480 e. The molecule has 5 heteroatoms. The van der Waals surface area contributed by atoms with Gasteiger partial charge in [0.1, 0.15) is 6.54 Å². The van der Waals surface area contributed by atoms with Crippen molar-refractivity contribution < 1.29 is 14.7 Å².